The van der Waals surface area contributed by atoms with Crippen molar-refractivity contribution in [3.8, 4) is 33.4 Å². The second-order valence-electron chi connectivity index (χ2n) is 15.5. The molecule has 0 saturated carbocycles. The van der Waals surface area contributed by atoms with Gasteiger partial charge < -0.3 is 4.90 Å². The zero-order valence-corrected chi connectivity index (χ0v) is 30.1. The van der Waals surface area contributed by atoms with Crippen molar-refractivity contribution in [1.29, 1.82) is 0 Å². The molecular weight excluding hydrogens is 639 g/mol. The smallest absolute Gasteiger partial charge is 0.0723 e. The van der Waals surface area contributed by atoms with Gasteiger partial charge in [-0.05, 0) is 116 Å². The minimum atomic E-state index is -0.352. The molecule has 1 unspecified atom stereocenters. The average molecular weight is 678 g/mol. The van der Waals surface area contributed by atoms with E-state index < -0.39 is 0 Å². The van der Waals surface area contributed by atoms with Crippen LogP contribution in [0.25, 0.3) is 39.0 Å². The highest BCUT2D eigenvalue weighted by atomic mass is 15.1. The summed E-state index contributed by atoms with van der Waals surface area (Å²) >= 11 is 0. The molecule has 1 spiro atoms. The molecule has 0 aromatic heterocycles. The number of hydrogen-bond acceptors (Lipinski definition) is 1. The SMILES string of the molecule is CC1(C)c2ccccc2-c2ccc(N(c3ccc(-c4ccccc4)cc3)c3cccc4c3-c3ccccc3C43C4=CCCC=C4c4ccccc43)cc21. The van der Waals surface area contributed by atoms with Crippen LogP contribution in [0.3, 0.4) is 0 Å². The Labute approximate surface area is 312 Å². The highest BCUT2D eigenvalue weighted by Gasteiger charge is 2.54. The third-order valence-electron chi connectivity index (χ3n) is 12.5. The van der Waals surface area contributed by atoms with Crippen molar-refractivity contribution < 1.29 is 0 Å². The lowest BCUT2D eigenvalue weighted by molar-refractivity contribution is 0.660. The predicted octanol–water partition coefficient (Wildman–Crippen LogP) is 13.6. The number of benzene rings is 7. The van der Waals surface area contributed by atoms with Crippen LogP contribution in [-0.2, 0) is 10.8 Å². The van der Waals surface area contributed by atoms with Crippen LogP contribution in [-0.4, -0.2) is 0 Å². The van der Waals surface area contributed by atoms with E-state index in [9.17, 15) is 0 Å². The molecule has 0 radical (unpaired) electrons. The number of nitrogens with zero attached hydrogens (tertiary/aromatic N) is 1. The Morgan fingerprint density at radius 3 is 1.81 bits per heavy atom. The fourth-order valence-corrected chi connectivity index (χ4v) is 10.2. The summed E-state index contributed by atoms with van der Waals surface area (Å²) < 4.78 is 0. The molecule has 0 N–H and O–H groups in total. The first kappa shape index (κ1) is 30.4. The second kappa shape index (κ2) is 11.2. The summed E-state index contributed by atoms with van der Waals surface area (Å²) in [6.07, 6.45) is 7.18. The first-order valence-corrected chi connectivity index (χ1v) is 19.0. The molecule has 0 saturated heterocycles. The molecule has 0 bridgehead atoms. The molecule has 252 valence electrons. The third kappa shape index (κ3) is 4.08. The van der Waals surface area contributed by atoms with Gasteiger partial charge in [-0.3, -0.25) is 0 Å². The van der Waals surface area contributed by atoms with Crippen molar-refractivity contribution in [3.63, 3.8) is 0 Å². The van der Waals surface area contributed by atoms with E-state index in [-0.39, 0.29) is 10.8 Å². The number of anilines is 3. The summed E-state index contributed by atoms with van der Waals surface area (Å²) in [5.74, 6) is 0. The molecule has 0 aliphatic heterocycles. The van der Waals surface area contributed by atoms with E-state index in [2.05, 4.69) is 195 Å². The number of rotatable bonds is 4. The van der Waals surface area contributed by atoms with E-state index in [1.54, 1.807) is 0 Å². The van der Waals surface area contributed by atoms with Crippen molar-refractivity contribution in [3.05, 3.63) is 215 Å². The monoisotopic (exact) mass is 677 g/mol. The van der Waals surface area contributed by atoms with E-state index in [4.69, 9.17) is 0 Å². The average Bonchev–Trinajstić information content (AvgIpc) is 3.78. The number of fused-ring (bicyclic) bond motifs is 13. The predicted molar refractivity (Wildman–Crippen MR) is 221 cm³/mol. The first-order valence-electron chi connectivity index (χ1n) is 19.0. The third-order valence-corrected chi connectivity index (χ3v) is 12.5. The zero-order valence-electron chi connectivity index (χ0n) is 30.1. The van der Waals surface area contributed by atoms with Gasteiger partial charge in [-0.1, -0.05) is 159 Å². The molecule has 11 rings (SSSR count). The molecule has 53 heavy (non-hydrogen) atoms. The van der Waals surface area contributed by atoms with Crippen molar-refractivity contribution in [2.24, 2.45) is 0 Å². The molecule has 4 aliphatic carbocycles. The Hall–Kier alpha value is -6.18. The lowest BCUT2D eigenvalue weighted by Crippen LogP contribution is -2.26. The molecule has 0 heterocycles. The van der Waals surface area contributed by atoms with Gasteiger partial charge in [0, 0.05) is 22.4 Å². The van der Waals surface area contributed by atoms with Gasteiger partial charge in [0.2, 0.25) is 0 Å². The van der Waals surface area contributed by atoms with Crippen LogP contribution in [0.4, 0.5) is 17.1 Å². The van der Waals surface area contributed by atoms with Crippen molar-refractivity contribution in [2.75, 3.05) is 4.90 Å². The minimum Gasteiger partial charge on any atom is -0.310 e. The summed E-state index contributed by atoms with van der Waals surface area (Å²) in [6, 6.07) is 61.4. The maximum Gasteiger partial charge on any atom is 0.0723 e. The lowest BCUT2D eigenvalue weighted by Gasteiger charge is -2.33. The maximum absolute atomic E-state index is 2.54. The topological polar surface area (TPSA) is 3.24 Å². The highest BCUT2D eigenvalue weighted by molar-refractivity contribution is 6.04. The van der Waals surface area contributed by atoms with Gasteiger partial charge >= 0.3 is 0 Å². The van der Waals surface area contributed by atoms with E-state index in [0.717, 1.165) is 18.5 Å². The lowest BCUT2D eigenvalue weighted by atomic mass is 9.69. The molecule has 1 heteroatoms. The molecule has 1 nitrogen and oxygen atoms in total. The van der Waals surface area contributed by atoms with E-state index in [0.29, 0.717) is 0 Å². The molecule has 0 fully saturated rings. The Morgan fingerprint density at radius 1 is 0.434 bits per heavy atom. The van der Waals surface area contributed by atoms with E-state index >= 15 is 0 Å². The summed E-state index contributed by atoms with van der Waals surface area (Å²) in [6.45, 7) is 4.75. The van der Waals surface area contributed by atoms with Crippen molar-refractivity contribution >= 4 is 22.6 Å². The van der Waals surface area contributed by atoms with Crippen molar-refractivity contribution in [1.82, 2.24) is 0 Å². The molecule has 7 aromatic carbocycles. The van der Waals surface area contributed by atoms with Gasteiger partial charge in [0.1, 0.15) is 0 Å². The van der Waals surface area contributed by atoms with E-state index in [1.807, 2.05) is 0 Å². The fourth-order valence-electron chi connectivity index (χ4n) is 10.2. The Morgan fingerprint density at radius 2 is 1.02 bits per heavy atom. The Bertz CT molecular complexity index is 2690. The zero-order chi connectivity index (χ0) is 35.3. The van der Waals surface area contributed by atoms with Gasteiger partial charge in [-0.2, -0.15) is 0 Å². The Kier molecular flexibility index (Phi) is 6.41. The van der Waals surface area contributed by atoms with Gasteiger partial charge in [-0.15, -0.1) is 0 Å². The molecule has 4 aliphatic rings. The quantitative estimate of drug-likeness (QED) is 0.179. The maximum atomic E-state index is 2.54. The summed E-state index contributed by atoms with van der Waals surface area (Å²) in [5.41, 5.74) is 22.0. The number of hydrogen-bond donors (Lipinski definition) is 0. The normalized spacial score (nSPS) is 17.9. The van der Waals surface area contributed by atoms with Gasteiger partial charge in [0.15, 0.2) is 0 Å². The van der Waals surface area contributed by atoms with Crippen LogP contribution in [0.2, 0.25) is 0 Å². The highest BCUT2D eigenvalue weighted by Crippen LogP contribution is 2.66. The van der Waals surface area contributed by atoms with Crippen molar-refractivity contribution in [2.45, 2.75) is 37.5 Å². The van der Waals surface area contributed by atoms with Crippen LogP contribution in [0, 0.1) is 0 Å². The Balaban J connectivity index is 1.18. The van der Waals surface area contributed by atoms with Crippen LogP contribution in [0.15, 0.2) is 182 Å². The van der Waals surface area contributed by atoms with E-state index in [1.165, 1.54) is 89.3 Å². The molecular formula is C52H39N. The van der Waals surface area contributed by atoms with Gasteiger partial charge in [0.25, 0.3) is 0 Å². The second-order valence-corrected chi connectivity index (χ2v) is 15.5. The minimum absolute atomic E-state index is 0.107. The standard InChI is InChI=1S/C52H39N/c1-51(2)43-21-10-6-17-38(43)41-32-31-37(33-48(41)51)53(36-29-27-35(28-30-36)34-15-4-3-5-16-34)49-26-14-25-47-50(49)42-20-9-13-24-46(42)52(47)44-22-11-7-18-39(44)40-19-8-12-23-45(40)52/h3-7,9-11,13-33H,8,12H2,1-2H3. The number of allylic oxidation sites excluding steroid dienone is 4. The summed E-state index contributed by atoms with van der Waals surface area (Å²) in [4.78, 5) is 2.52. The summed E-state index contributed by atoms with van der Waals surface area (Å²) in [5, 5.41) is 0. The van der Waals surface area contributed by atoms with Crippen LogP contribution < -0.4 is 4.90 Å². The van der Waals surface area contributed by atoms with Gasteiger partial charge in [0.05, 0.1) is 11.1 Å². The van der Waals surface area contributed by atoms with Crippen LogP contribution in [0.5, 0.6) is 0 Å². The largest absolute Gasteiger partial charge is 0.310 e. The van der Waals surface area contributed by atoms with Gasteiger partial charge in [-0.25, -0.2) is 0 Å². The summed E-state index contributed by atoms with van der Waals surface area (Å²) in [7, 11) is 0. The first-order chi connectivity index (χ1) is 26.1. The molecule has 7 aromatic rings. The van der Waals surface area contributed by atoms with Crippen LogP contribution >= 0.6 is 0 Å². The molecule has 1 atom stereocenters. The molecule has 0 amide bonds. The fraction of sp³-hybridized carbons (Fsp3) is 0.115. The van der Waals surface area contributed by atoms with Crippen LogP contribution in [0.1, 0.15) is 60.1 Å².